The molecule has 2 aromatic rings. The Hall–Kier alpha value is -0.1000. The number of nitrogens with zero attached hydrogens (tertiary/aromatic N) is 2. The van der Waals surface area contributed by atoms with Crippen LogP contribution in [0.5, 0.6) is 0 Å². The average Bonchev–Trinajstić information content (AvgIpc) is 3.45. The second kappa shape index (κ2) is 21.9. The summed E-state index contributed by atoms with van der Waals surface area (Å²) in [5, 5.41) is 0. The number of hydrogen-bond acceptors (Lipinski definition) is 13. The Bertz CT molecular complexity index is 2480. The molecule has 2 heterocycles. The molecule has 0 radical (unpaired) electrons. The fourth-order valence-corrected chi connectivity index (χ4v) is 9.97. The SMILES string of the molecule is CCOC(=O)C1CC(/C=C/C2=[N+](CCCS(=O)(=O)[O-])c3ccc(S(=O)(=O)[O-])cc3C2(C)C)=C(Br)C(=C/C=C2/N(CCC[S-])c3ccc(S(=O)(=O)[O-])cc3C2(C)C)/C1.[Na+].[Na+].[Na+]. The predicted molar refractivity (Wildman–Crippen MR) is 219 cm³/mol. The molecule has 1 aliphatic carbocycles. The van der Waals surface area contributed by atoms with E-state index in [1.807, 2.05) is 52.0 Å². The zero-order valence-corrected chi connectivity index (χ0v) is 46.0. The number of anilines is 1. The summed E-state index contributed by atoms with van der Waals surface area (Å²) in [5.74, 6) is -1.07. The van der Waals surface area contributed by atoms with E-state index >= 15 is 0 Å². The van der Waals surface area contributed by atoms with Crippen molar-refractivity contribution in [3.63, 3.8) is 0 Å². The third-order valence-corrected chi connectivity index (χ3v) is 14.4. The monoisotopic (exact) mass is 992 g/mol. The molecule has 13 nitrogen and oxygen atoms in total. The Labute approximate surface area is 434 Å². The topological polar surface area (TPSA) is 204 Å². The van der Waals surface area contributed by atoms with Crippen LogP contribution in [0.1, 0.15) is 71.4 Å². The number of benzene rings is 2. The minimum atomic E-state index is -4.79. The summed E-state index contributed by atoms with van der Waals surface area (Å²) in [6.07, 6.45) is 8.75. The van der Waals surface area contributed by atoms with Crippen LogP contribution in [-0.4, -0.2) is 86.4 Å². The first-order valence-electron chi connectivity index (χ1n) is 18.2. The molecular formula is C39H44BrN2Na3O11S4. The number of ether oxygens (including phenoxy) is 1. The Kier molecular flexibility index (Phi) is 20.5. The maximum absolute atomic E-state index is 13.3. The van der Waals surface area contributed by atoms with Crippen LogP contribution in [0.25, 0.3) is 0 Å². The van der Waals surface area contributed by atoms with Gasteiger partial charge in [0.25, 0.3) is 0 Å². The third-order valence-electron chi connectivity index (χ3n) is 10.6. The molecule has 310 valence electrons. The van der Waals surface area contributed by atoms with Crippen molar-refractivity contribution in [1.82, 2.24) is 0 Å². The zero-order valence-electron chi connectivity index (χ0n) is 35.1. The van der Waals surface area contributed by atoms with Crippen molar-refractivity contribution in [1.29, 1.82) is 0 Å². The molecule has 0 saturated carbocycles. The van der Waals surface area contributed by atoms with Crippen LogP contribution < -0.4 is 93.6 Å². The standard InChI is InChI=1S/C39H47BrN2O11S4.3Na/c1-6-53-37(43)27-21-25(9-15-34-38(2,3)30-23-28(56(47,48)49)11-13-32(30)41(34)17-7-19-54)36(40)26(22-27)10-16-35-39(4,5)31-24-29(57(50,51)52)12-14-33(31)42(35)18-8-20-55(44,45)46;;;/h9-16,23-24,27H,6-8,17-22H2,1-5H3,(H3-,44,45,46,47,48,49,50,51,52,54);;;/q;3*+1/p-3. The Balaban J connectivity index is 0.00000413. The Morgan fingerprint density at radius 2 is 1.48 bits per heavy atom. The van der Waals surface area contributed by atoms with E-state index in [0.29, 0.717) is 58.6 Å². The number of hydrogen-bond donors (Lipinski definition) is 0. The summed E-state index contributed by atoms with van der Waals surface area (Å²) in [4.78, 5) is 14.6. The number of carbonyl (C=O) groups excluding carboxylic acids is 1. The first-order valence-corrected chi connectivity index (χ1v) is 24.0. The number of allylic oxidation sites excluding steroid dienone is 8. The summed E-state index contributed by atoms with van der Waals surface area (Å²) in [6, 6.07) is 8.38. The minimum Gasteiger partial charge on any atom is -0.793 e. The summed E-state index contributed by atoms with van der Waals surface area (Å²) in [7, 11) is -14.0. The van der Waals surface area contributed by atoms with Gasteiger partial charge < -0.3 is 35.9 Å². The van der Waals surface area contributed by atoms with Gasteiger partial charge in [-0.05, 0) is 86.7 Å². The fourth-order valence-electron chi connectivity index (χ4n) is 7.78. The Morgan fingerprint density at radius 3 is 2.05 bits per heavy atom. The molecular weight excluding hydrogens is 950 g/mol. The van der Waals surface area contributed by atoms with Gasteiger partial charge in [0.1, 0.15) is 26.8 Å². The maximum atomic E-state index is 13.3. The summed E-state index contributed by atoms with van der Waals surface area (Å²) < 4.78 is 114. The molecule has 2 aliphatic heterocycles. The van der Waals surface area contributed by atoms with Gasteiger partial charge >= 0.3 is 94.6 Å². The van der Waals surface area contributed by atoms with E-state index in [2.05, 4.69) is 20.8 Å². The molecule has 1 unspecified atom stereocenters. The van der Waals surface area contributed by atoms with Crippen molar-refractivity contribution in [2.24, 2.45) is 5.92 Å². The molecule has 0 saturated heterocycles. The van der Waals surface area contributed by atoms with Crippen molar-refractivity contribution >= 4 is 82.0 Å². The molecule has 2 aromatic carbocycles. The molecule has 0 bridgehead atoms. The smallest absolute Gasteiger partial charge is 0.793 e. The average molecular weight is 994 g/mol. The number of halogens is 1. The predicted octanol–water partition coefficient (Wildman–Crippen LogP) is -3.46. The summed E-state index contributed by atoms with van der Waals surface area (Å²) in [6.45, 7) is 10.1. The van der Waals surface area contributed by atoms with Gasteiger partial charge in [0.2, 0.25) is 5.69 Å². The molecule has 1 atom stereocenters. The Morgan fingerprint density at radius 1 is 0.883 bits per heavy atom. The second-order valence-corrected chi connectivity index (χ2v) is 20.6. The quantitative estimate of drug-likeness (QED) is 0.0595. The van der Waals surface area contributed by atoms with Crippen LogP contribution in [0.2, 0.25) is 0 Å². The van der Waals surface area contributed by atoms with Crippen LogP contribution in [0.15, 0.2) is 91.8 Å². The zero-order chi connectivity index (χ0) is 42.3. The first kappa shape index (κ1) is 56.0. The van der Waals surface area contributed by atoms with Gasteiger partial charge in [-0.1, -0.05) is 48.4 Å². The largest absolute Gasteiger partial charge is 1.00 e. The van der Waals surface area contributed by atoms with Crippen LogP contribution in [0, 0.1) is 5.92 Å². The van der Waals surface area contributed by atoms with Crippen LogP contribution in [0.4, 0.5) is 11.4 Å². The normalized spacial score (nSPS) is 19.8. The summed E-state index contributed by atoms with van der Waals surface area (Å²) >= 11 is 9.04. The number of esters is 1. The van der Waals surface area contributed by atoms with Gasteiger partial charge in [-0.2, -0.15) is 10.3 Å². The minimum absolute atomic E-state index is 0. The van der Waals surface area contributed by atoms with Gasteiger partial charge in [-0.3, -0.25) is 4.79 Å². The molecule has 0 aromatic heterocycles. The molecule has 0 N–H and O–H groups in total. The van der Waals surface area contributed by atoms with Gasteiger partial charge in [0.05, 0.1) is 37.8 Å². The van der Waals surface area contributed by atoms with Gasteiger partial charge in [-0.15, -0.1) is 0 Å². The number of fused-ring (bicyclic) bond motifs is 2. The molecule has 21 heteroatoms. The van der Waals surface area contributed by atoms with E-state index < -0.39 is 57.8 Å². The van der Waals surface area contributed by atoms with Gasteiger partial charge in [-0.25, -0.2) is 25.3 Å². The van der Waals surface area contributed by atoms with E-state index in [1.54, 1.807) is 17.6 Å². The second-order valence-electron chi connectivity index (χ2n) is 15.2. The molecule has 0 amide bonds. The fraction of sp³-hybridized carbons (Fsp3) is 0.436. The van der Waals surface area contributed by atoms with Crippen molar-refractivity contribution in [3.05, 3.63) is 93.2 Å². The van der Waals surface area contributed by atoms with Crippen LogP contribution >= 0.6 is 15.9 Å². The van der Waals surface area contributed by atoms with Crippen LogP contribution in [-0.2, 0) is 63.3 Å². The van der Waals surface area contributed by atoms with E-state index in [9.17, 15) is 43.7 Å². The molecule has 3 aliphatic rings. The van der Waals surface area contributed by atoms with Gasteiger partial charge in [0.15, 0.2) is 5.71 Å². The van der Waals surface area contributed by atoms with Crippen molar-refractivity contribution < 1.29 is 142 Å². The molecule has 60 heavy (non-hydrogen) atoms. The van der Waals surface area contributed by atoms with Crippen molar-refractivity contribution in [3.8, 4) is 0 Å². The van der Waals surface area contributed by atoms with E-state index in [4.69, 9.17) is 17.4 Å². The van der Waals surface area contributed by atoms with E-state index in [-0.39, 0.29) is 119 Å². The van der Waals surface area contributed by atoms with E-state index in [0.717, 1.165) is 22.5 Å². The van der Waals surface area contributed by atoms with Crippen LogP contribution in [0.3, 0.4) is 0 Å². The number of carbonyl (C=O) groups is 1. The van der Waals surface area contributed by atoms with Gasteiger partial charge in [0, 0.05) is 57.7 Å². The van der Waals surface area contributed by atoms with Crippen molar-refractivity contribution in [2.45, 2.75) is 80.9 Å². The molecule has 5 rings (SSSR count). The third kappa shape index (κ3) is 12.6. The molecule has 0 fully saturated rings. The van der Waals surface area contributed by atoms with E-state index in [1.165, 1.54) is 30.3 Å². The molecule has 0 spiro atoms. The number of rotatable bonds is 14. The first-order chi connectivity index (χ1) is 26.4. The summed E-state index contributed by atoms with van der Waals surface area (Å²) in [5.41, 5.74) is 3.90. The maximum Gasteiger partial charge on any atom is 1.00 e. The van der Waals surface area contributed by atoms with Crippen molar-refractivity contribution in [2.75, 3.05) is 36.1 Å².